The van der Waals surface area contributed by atoms with Gasteiger partial charge in [0.2, 0.25) is 5.91 Å². The van der Waals surface area contributed by atoms with Crippen LogP contribution in [0.2, 0.25) is 0 Å². The van der Waals surface area contributed by atoms with Crippen LogP contribution in [0.1, 0.15) is 38.5 Å². The van der Waals surface area contributed by atoms with Gasteiger partial charge in [-0.1, -0.05) is 25.7 Å². The molecule has 1 aliphatic heterocycles. The normalized spacial score (nSPS) is 21.3. The highest BCUT2D eigenvalue weighted by Gasteiger charge is 2.42. The Bertz CT molecular complexity index is 524. The van der Waals surface area contributed by atoms with Gasteiger partial charge in [-0.15, -0.1) is 0 Å². The number of hydrogen-bond donors (Lipinski definition) is 2. The first-order valence-corrected chi connectivity index (χ1v) is 7.49. The number of carbonyl (C=O) groups is 1. The van der Waals surface area contributed by atoms with Crippen LogP contribution in [-0.2, 0) is 4.79 Å². The van der Waals surface area contributed by atoms with Gasteiger partial charge in [0.15, 0.2) is 0 Å². The predicted octanol–water partition coefficient (Wildman–Crippen LogP) is 4.05. The van der Waals surface area contributed by atoms with Gasteiger partial charge < -0.3 is 10.6 Å². The molecule has 102 valence electrons. The molecule has 1 heterocycles. The maximum absolute atomic E-state index is 13.5. The number of fused-ring (bicyclic) bond motifs is 1. The summed E-state index contributed by atoms with van der Waals surface area (Å²) in [5.41, 5.74) is 0.816. The molecule has 0 atom stereocenters. The van der Waals surface area contributed by atoms with E-state index in [4.69, 9.17) is 0 Å². The molecule has 3 rings (SSSR count). The van der Waals surface area contributed by atoms with Crippen LogP contribution in [0.5, 0.6) is 0 Å². The lowest BCUT2D eigenvalue weighted by Crippen LogP contribution is -2.52. The first-order valence-electron chi connectivity index (χ1n) is 6.69. The van der Waals surface area contributed by atoms with Gasteiger partial charge in [0.1, 0.15) is 11.4 Å². The lowest BCUT2D eigenvalue weighted by Gasteiger charge is -2.38. The van der Waals surface area contributed by atoms with Crippen LogP contribution in [0.15, 0.2) is 16.6 Å². The summed E-state index contributed by atoms with van der Waals surface area (Å²) in [5, 5.41) is 6.22. The Balaban J connectivity index is 1.98. The monoisotopic (exact) mass is 326 g/mol. The van der Waals surface area contributed by atoms with Gasteiger partial charge in [-0.25, -0.2) is 4.39 Å². The summed E-state index contributed by atoms with van der Waals surface area (Å²) in [5.74, 6) is -0.388. The number of hydrogen-bond acceptors (Lipinski definition) is 2. The topological polar surface area (TPSA) is 41.1 Å². The van der Waals surface area contributed by atoms with Crippen LogP contribution in [0.4, 0.5) is 15.8 Å². The molecule has 19 heavy (non-hydrogen) atoms. The van der Waals surface area contributed by atoms with Crippen LogP contribution < -0.4 is 10.6 Å². The number of benzene rings is 1. The molecule has 0 saturated heterocycles. The highest BCUT2D eigenvalue weighted by atomic mass is 79.9. The number of halogens is 2. The molecule has 1 aliphatic carbocycles. The lowest BCUT2D eigenvalue weighted by atomic mass is 9.87. The second kappa shape index (κ2) is 4.78. The predicted molar refractivity (Wildman–Crippen MR) is 76.8 cm³/mol. The van der Waals surface area contributed by atoms with Crippen molar-refractivity contribution in [2.45, 2.75) is 44.1 Å². The minimum atomic E-state index is -0.513. The van der Waals surface area contributed by atoms with E-state index in [-0.39, 0.29) is 11.7 Å². The Morgan fingerprint density at radius 1 is 1.11 bits per heavy atom. The lowest BCUT2D eigenvalue weighted by molar-refractivity contribution is -0.121. The molecular weight excluding hydrogens is 311 g/mol. The summed E-state index contributed by atoms with van der Waals surface area (Å²) in [6.45, 7) is 0. The third kappa shape index (κ3) is 2.24. The van der Waals surface area contributed by atoms with Crippen molar-refractivity contribution in [1.82, 2.24) is 0 Å². The number of anilines is 2. The molecule has 1 saturated carbocycles. The quantitative estimate of drug-likeness (QED) is 0.755. The first kappa shape index (κ1) is 12.9. The molecule has 1 amide bonds. The van der Waals surface area contributed by atoms with E-state index in [2.05, 4.69) is 26.6 Å². The zero-order valence-corrected chi connectivity index (χ0v) is 12.1. The highest BCUT2D eigenvalue weighted by molar-refractivity contribution is 9.10. The van der Waals surface area contributed by atoms with E-state index < -0.39 is 5.54 Å². The Hall–Kier alpha value is -1.10. The maximum atomic E-state index is 13.5. The third-order valence-corrected chi connectivity index (χ3v) is 4.68. The van der Waals surface area contributed by atoms with Gasteiger partial charge in [0.05, 0.1) is 15.8 Å². The van der Waals surface area contributed by atoms with E-state index in [9.17, 15) is 9.18 Å². The van der Waals surface area contributed by atoms with Crippen LogP contribution in [0.3, 0.4) is 0 Å². The molecule has 3 nitrogen and oxygen atoms in total. The van der Waals surface area contributed by atoms with E-state index in [1.54, 1.807) is 6.07 Å². The molecule has 1 aromatic rings. The molecular formula is C14H16BrFN2O. The first-order chi connectivity index (χ1) is 9.11. The maximum Gasteiger partial charge on any atom is 0.250 e. The van der Waals surface area contributed by atoms with E-state index in [0.29, 0.717) is 10.2 Å². The number of carbonyl (C=O) groups excluding carboxylic acids is 1. The van der Waals surface area contributed by atoms with Gasteiger partial charge in [-0.3, -0.25) is 4.79 Å². The minimum Gasteiger partial charge on any atom is -0.369 e. The van der Waals surface area contributed by atoms with Gasteiger partial charge >= 0.3 is 0 Å². The van der Waals surface area contributed by atoms with Crippen molar-refractivity contribution in [3.05, 3.63) is 22.4 Å². The molecule has 1 aromatic carbocycles. The Morgan fingerprint density at radius 3 is 2.47 bits per heavy atom. The molecule has 0 radical (unpaired) electrons. The smallest absolute Gasteiger partial charge is 0.250 e. The van der Waals surface area contributed by atoms with E-state index in [0.717, 1.165) is 31.4 Å². The van der Waals surface area contributed by atoms with Crippen molar-refractivity contribution >= 4 is 33.2 Å². The van der Waals surface area contributed by atoms with E-state index in [1.807, 2.05) is 0 Å². The summed E-state index contributed by atoms with van der Waals surface area (Å²) in [6, 6.07) is 3.06. The van der Waals surface area contributed by atoms with Gasteiger partial charge in [-0.2, -0.15) is 0 Å². The van der Waals surface area contributed by atoms with Crippen molar-refractivity contribution in [2.24, 2.45) is 0 Å². The molecule has 5 heteroatoms. The summed E-state index contributed by atoms with van der Waals surface area (Å²) < 4.78 is 13.9. The van der Waals surface area contributed by atoms with Crippen molar-refractivity contribution in [1.29, 1.82) is 0 Å². The average molecular weight is 327 g/mol. The number of amides is 1. The highest BCUT2D eigenvalue weighted by Crippen LogP contribution is 2.40. The summed E-state index contributed by atoms with van der Waals surface area (Å²) >= 11 is 3.19. The summed E-state index contributed by atoms with van der Waals surface area (Å²) in [7, 11) is 0. The fourth-order valence-electron chi connectivity index (χ4n) is 2.99. The molecule has 0 bridgehead atoms. The van der Waals surface area contributed by atoms with Crippen molar-refractivity contribution in [3.8, 4) is 0 Å². The zero-order valence-electron chi connectivity index (χ0n) is 10.6. The van der Waals surface area contributed by atoms with Crippen molar-refractivity contribution in [2.75, 3.05) is 10.6 Å². The second-order valence-electron chi connectivity index (χ2n) is 5.39. The molecule has 1 spiro atoms. The standard InChI is InChI=1S/C14H16BrFN2O/c15-9-7-12-11(8-10(9)16)17-13(19)14(18-12)5-3-1-2-4-6-14/h7-8,18H,1-6H2,(H,17,19). The Kier molecular flexibility index (Phi) is 3.25. The van der Waals surface area contributed by atoms with Gasteiger partial charge in [-0.05, 0) is 34.8 Å². The van der Waals surface area contributed by atoms with Crippen LogP contribution >= 0.6 is 15.9 Å². The Labute approximate surface area is 120 Å². The van der Waals surface area contributed by atoms with Gasteiger partial charge in [0, 0.05) is 6.07 Å². The van der Waals surface area contributed by atoms with Crippen molar-refractivity contribution < 1.29 is 9.18 Å². The number of nitrogens with one attached hydrogen (secondary N) is 2. The summed E-state index contributed by atoms with van der Waals surface area (Å²) in [6.07, 6.45) is 6.14. The molecule has 1 fully saturated rings. The van der Waals surface area contributed by atoms with Crippen LogP contribution in [-0.4, -0.2) is 11.4 Å². The second-order valence-corrected chi connectivity index (χ2v) is 6.24. The average Bonchev–Trinajstić information content (AvgIpc) is 2.60. The Morgan fingerprint density at radius 2 is 1.79 bits per heavy atom. The molecule has 2 N–H and O–H groups in total. The summed E-state index contributed by atoms with van der Waals surface area (Å²) in [4.78, 5) is 12.4. The third-order valence-electron chi connectivity index (χ3n) is 4.07. The molecule has 0 aromatic heterocycles. The fourth-order valence-corrected chi connectivity index (χ4v) is 3.34. The zero-order chi connectivity index (χ0) is 13.5. The largest absolute Gasteiger partial charge is 0.369 e. The minimum absolute atomic E-state index is 0.0244. The van der Waals surface area contributed by atoms with Crippen LogP contribution in [0.25, 0.3) is 0 Å². The number of rotatable bonds is 0. The van der Waals surface area contributed by atoms with E-state index >= 15 is 0 Å². The van der Waals surface area contributed by atoms with E-state index in [1.165, 1.54) is 18.9 Å². The van der Waals surface area contributed by atoms with Gasteiger partial charge in [0.25, 0.3) is 0 Å². The molecule has 2 aliphatic rings. The van der Waals surface area contributed by atoms with Crippen LogP contribution in [0, 0.1) is 5.82 Å². The fraction of sp³-hybridized carbons (Fsp3) is 0.500. The SMILES string of the molecule is O=C1Nc2cc(F)c(Br)cc2NC12CCCCCC2. The van der Waals surface area contributed by atoms with Crippen molar-refractivity contribution in [3.63, 3.8) is 0 Å². The molecule has 0 unspecified atom stereocenters.